The van der Waals surface area contributed by atoms with Gasteiger partial charge in [-0.2, -0.15) is 0 Å². The highest BCUT2D eigenvalue weighted by molar-refractivity contribution is 7.10. The largest absolute Gasteiger partial charge is 0.341 e. The summed E-state index contributed by atoms with van der Waals surface area (Å²) in [6, 6.07) is 9.64. The highest BCUT2D eigenvalue weighted by Crippen LogP contribution is 2.14. The Balaban J connectivity index is 1.60. The van der Waals surface area contributed by atoms with Gasteiger partial charge in [0.05, 0.1) is 6.42 Å². The van der Waals surface area contributed by atoms with Crippen molar-refractivity contribution in [3.8, 4) is 0 Å². The first-order chi connectivity index (χ1) is 11.6. The number of hydrogen-bond donors (Lipinski definition) is 0. The van der Waals surface area contributed by atoms with Gasteiger partial charge in [0.2, 0.25) is 5.91 Å². The zero-order valence-corrected chi connectivity index (χ0v) is 14.1. The van der Waals surface area contributed by atoms with Crippen molar-refractivity contribution in [3.63, 3.8) is 0 Å². The molecule has 0 N–H and O–H groups in total. The number of carbonyl (C=O) groups excluding carboxylic acids is 2. The molecule has 1 fully saturated rings. The molecular weight excluding hydrogens is 327 g/mol. The van der Waals surface area contributed by atoms with E-state index in [-0.39, 0.29) is 11.8 Å². The highest BCUT2D eigenvalue weighted by atomic mass is 32.1. The number of hydrogen-bond acceptors (Lipinski definition) is 3. The van der Waals surface area contributed by atoms with Crippen LogP contribution >= 0.6 is 11.3 Å². The zero-order chi connectivity index (χ0) is 16.9. The predicted octanol–water partition coefficient (Wildman–Crippen LogP) is 2.80. The molecule has 1 aliphatic rings. The van der Waals surface area contributed by atoms with Crippen LogP contribution in [-0.4, -0.2) is 47.8 Å². The fraction of sp³-hybridized carbons (Fsp3) is 0.333. The van der Waals surface area contributed by atoms with Crippen LogP contribution in [0.25, 0.3) is 0 Å². The molecule has 3 rings (SSSR count). The van der Waals surface area contributed by atoms with Crippen molar-refractivity contribution >= 4 is 23.2 Å². The van der Waals surface area contributed by atoms with Gasteiger partial charge in [0.25, 0.3) is 5.91 Å². The first-order valence-corrected chi connectivity index (χ1v) is 8.86. The van der Waals surface area contributed by atoms with Crippen LogP contribution in [0.5, 0.6) is 0 Å². The van der Waals surface area contributed by atoms with E-state index in [1.54, 1.807) is 22.3 Å². The van der Waals surface area contributed by atoms with Gasteiger partial charge in [0.1, 0.15) is 5.82 Å². The summed E-state index contributed by atoms with van der Waals surface area (Å²) >= 11 is 1.58. The molecule has 2 aromatic rings. The molecule has 1 aromatic heterocycles. The second-order valence-electron chi connectivity index (χ2n) is 5.79. The summed E-state index contributed by atoms with van der Waals surface area (Å²) in [5, 5.41) is 1.96. The van der Waals surface area contributed by atoms with Crippen LogP contribution < -0.4 is 0 Å². The molecule has 1 aliphatic heterocycles. The van der Waals surface area contributed by atoms with Crippen molar-refractivity contribution in [1.29, 1.82) is 0 Å². The van der Waals surface area contributed by atoms with Crippen LogP contribution in [0, 0.1) is 5.82 Å². The van der Waals surface area contributed by atoms with Gasteiger partial charge >= 0.3 is 0 Å². The zero-order valence-electron chi connectivity index (χ0n) is 13.3. The minimum atomic E-state index is -0.413. The van der Waals surface area contributed by atoms with E-state index in [0.29, 0.717) is 38.2 Å². The molecule has 0 spiro atoms. The molecule has 0 unspecified atom stereocenters. The summed E-state index contributed by atoms with van der Waals surface area (Å²) in [7, 11) is 0. The maximum Gasteiger partial charge on any atom is 0.254 e. The lowest BCUT2D eigenvalue weighted by molar-refractivity contribution is -0.130. The average Bonchev–Trinajstić information content (AvgIpc) is 2.95. The maximum absolute atomic E-state index is 13.3. The molecule has 6 heteroatoms. The average molecular weight is 346 g/mol. The van der Waals surface area contributed by atoms with Crippen LogP contribution in [-0.2, 0) is 11.2 Å². The van der Waals surface area contributed by atoms with Crippen molar-refractivity contribution in [3.05, 3.63) is 58.0 Å². The Kier molecular flexibility index (Phi) is 5.25. The van der Waals surface area contributed by atoms with Crippen molar-refractivity contribution in [2.24, 2.45) is 0 Å². The first-order valence-electron chi connectivity index (χ1n) is 7.98. The van der Waals surface area contributed by atoms with E-state index in [1.165, 1.54) is 18.2 Å². The Morgan fingerprint density at radius 3 is 2.58 bits per heavy atom. The van der Waals surface area contributed by atoms with Gasteiger partial charge in [-0.25, -0.2) is 4.39 Å². The van der Waals surface area contributed by atoms with Crippen molar-refractivity contribution in [2.75, 3.05) is 26.2 Å². The predicted molar refractivity (Wildman–Crippen MR) is 91.5 cm³/mol. The van der Waals surface area contributed by atoms with Crippen molar-refractivity contribution < 1.29 is 14.0 Å². The Bertz CT molecular complexity index is 718. The van der Waals surface area contributed by atoms with Gasteiger partial charge in [-0.3, -0.25) is 9.59 Å². The van der Waals surface area contributed by atoms with Gasteiger partial charge in [-0.05, 0) is 36.1 Å². The second kappa shape index (κ2) is 7.57. The number of nitrogens with zero attached hydrogens (tertiary/aromatic N) is 2. The van der Waals surface area contributed by atoms with Crippen LogP contribution in [0.15, 0.2) is 41.8 Å². The Hall–Kier alpha value is -2.21. The Morgan fingerprint density at radius 2 is 1.83 bits per heavy atom. The summed E-state index contributed by atoms with van der Waals surface area (Å²) in [6.07, 6.45) is 1.15. The molecule has 24 heavy (non-hydrogen) atoms. The van der Waals surface area contributed by atoms with Gasteiger partial charge in [-0.15, -0.1) is 11.3 Å². The number of amides is 2. The van der Waals surface area contributed by atoms with E-state index in [1.807, 2.05) is 22.4 Å². The Labute approximate surface area is 144 Å². The van der Waals surface area contributed by atoms with E-state index in [4.69, 9.17) is 0 Å². The molecule has 0 atom stereocenters. The Morgan fingerprint density at radius 1 is 1.04 bits per heavy atom. The molecule has 2 heterocycles. The van der Waals surface area contributed by atoms with Gasteiger partial charge in [0.15, 0.2) is 0 Å². The summed E-state index contributed by atoms with van der Waals surface area (Å²) in [6.45, 7) is 2.23. The van der Waals surface area contributed by atoms with E-state index in [9.17, 15) is 14.0 Å². The first kappa shape index (κ1) is 16.6. The lowest BCUT2D eigenvalue weighted by Gasteiger charge is -2.22. The lowest BCUT2D eigenvalue weighted by Crippen LogP contribution is -2.37. The van der Waals surface area contributed by atoms with E-state index < -0.39 is 5.82 Å². The summed E-state index contributed by atoms with van der Waals surface area (Å²) in [4.78, 5) is 29.5. The molecule has 4 nitrogen and oxygen atoms in total. The number of rotatable bonds is 3. The highest BCUT2D eigenvalue weighted by Gasteiger charge is 2.23. The molecule has 1 aromatic carbocycles. The third kappa shape index (κ3) is 4.00. The van der Waals surface area contributed by atoms with E-state index in [0.717, 1.165) is 11.3 Å². The van der Waals surface area contributed by atoms with Gasteiger partial charge in [0, 0.05) is 36.6 Å². The molecular formula is C18H19FN2O2S. The topological polar surface area (TPSA) is 40.6 Å². The number of benzene rings is 1. The molecule has 0 saturated carbocycles. The fourth-order valence-corrected chi connectivity index (χ4v) is 3.54. The standard InChI is InChI=1S/C18H19FN2O2S/c19-15-5-1-4-14(12-15)18(23)21-8-3-7-20(9-10-21)17(22)13-16-6-2-11-24-16/h1-2,4-6,11-12H,3,7-10,13H2. The van der Waals surface area contributed by atoms with Crippen LogP contribution in [0.4, 0.5) is 4.39 Å². The van der Waals surface area contributed by atoms with Gasteiger partial charge in [-0.1, -0.05) is 12.1 Å². The quantitative estimate of drug-likeness (QED) is 0.857. The molecule has 0 radical (unpaired) electrons. The smallest absolute Gasteiger partial charge is 0.254 e. The molecule has 1 saturated heterocycles. The third-order valence-electron chi connectivity index (χ3n) is 4.11. The van der Waals surface area contributed by atoms with Crippen LogP contribution in [0.2, 0.25) is 0 Å². The second-order valence-corrected chi connectivity index (χ2v) is 6.83. The lowest BCUT2D eigenvalue weighted by atomic mass is 10.2. The minimum Gasteiger partial charge on any atom is -0.341 e. The van der Waals surface area contributed by atoms with Crippen molar-refractivity contribution in [2.45, 2.75) is 12.8 Å². The van der Waals surface area contributed by atoms with E-state index in [2.05, 4.69) is 0 Å². The van der Waals surface area contributed by atoms with Gasteiger partial charge < -0.3 is 9.80 Å². The molecule has 2 amide bonds. The molecule has 0 bridgehead atoms. The van der Waals surface area contributed by atoms with Crippen LogP contribution in [0.3, 0.4) is 0 Å². The summed E-state index contributed by atoms with van der Waals surface area (Å²) in [5.41, 5.74) is 0.355. The number of halogens is 1. The minimum absolute atomic E-state index is 0.0949. The molecule has 0 aliphatic carbocycles. The third-order valence-corrected chi connectivity index (χ3v) is 4.99. The normalized spacial score (nSPS) is 15.2. The number of thiophene rings is 1. The van der Waals surface area contributed by atoms with Crippen molar-refractivity contribution in [1.82, 2.24) is 9.80 Å². The number of carbonyl (C=O) groups is 2. The summed E-state index contributed by atoms with van der Waals surface area (Å²) in [5.74, 6) is -0.497. The fourth-order valence-electron chi connectivity index (χ4n) is 2.85. The monoisotopic (exact) mass is 346 g/mol. The van der Waals surface area contributed by atoms with Crippen LogP contribution in [0.1, 0.15) is 21.7 Å². The maximum atomic E-state index is 13.3. The SMILES string of the molecule is O=C(Cc1cccs1)N1CCCN(C(=O)c2cccc(F)c2)CC1. The summed E-state index contributed by atoms with van der Waals surface area (Å²) < 4.78 is 13.3. The molecule has 126 valence electrons. The van der Waals surface area contributed by atoms with E-state index >= 15 is 0 Å².